The summed E-state index contributed by atoms with van der Waals surface area (Å²) >= 11 is 0. The zero-order chi connectivity index (χ0) is 23.3. The lowest BCUT2D eigenvalue weighted by molar-refractivity contribution is -0.117. The number of ketones is 1. The maximum Gasteiger partial charge on any atom is 0.253 e. The number of allylic oxidation sites excluding steroid dienone is 2. The van der Waals surface area contributed by atoms with Crippen molar-refractivity contribution in [1.82, 2.24) is 0 Å². The van der Waals surface area contributed by atoms with Crippen LogP contribution >= 0.6 is 0 Å². The van der Waals surface area contributed by atoms with Gasteiger partial charge in [0.25, 0.3) is 5.91 Å². The number of carbonyl (C=O) groups excluding carboxylic acids is 2. The number of primary amides is 1. The number of epoxide rings is 1. The van der Waals surface area contributed by atoms with Crippen LogP contribution < -0.4 is 10.6 Å². The van der Waals surface area contributed by atoms with Crippen molar-refractivity contribution in [3.05, 3.63) is 45.4 Å². The van der Waals surface area contributed by atoms with Crippen LogP contribution in [0, 0.1) is 11.8 Å². The summed E-state index contributed by atoms with van der Waals surface area (Å²) in [7, 11) is 3.73. The van der Waals surface area contributed by atoms with E-state index in [1.54, 1.807) is 0 Å². The number of aliphatic hydroxyl groups excluding tert-OH is 2. The number of anilines is 1. The van der Waals surface area contributed by atoms with Crippen LogP contribution in [0.4, 0.5) is 5.69 Å². The van der Waals surface area contributed by atoms with Crippen molar-refractivity contribution in [2.24, 2.45) is 17.6 Å². The van der Waals surface area contributed by atoms with Crippen LogP contribution in [0.3, 0.4) is 0 Å². The summed E-state index contributed by atoms with van der Waals surface area (Å²) in [4.78, 5) is 27.4. The number of nitrogens with two attached hydrogens (primary N) is 1. The molecular formula is C23H26N2O7. The first-order valence-corrected chi connectivity index (χ1v) is 10.7. The van der Waals surface area contributed by atoms with Gasteiger partial charge in [-0.1, -0.05) is 6.92 Å². The summed E-state index contributed by atoms with van der Waals surface area (Å²) in [6, 6.07) is 1.87. The van der Waals surface area contributed by atoms with Gasteiger partial charge in [-0.05, 0) is 42.4 Å². The van der Waals surface area contributed by atoms with Gasteiger partial charge < -0.3 is 35.8 Å². The first-order valence-electron chi connectivity index (χ1n) is 10.7. The van der Waals surface area contributed by atoms with Crippen LogP contribution in [0.15, 0.2) is 28.7 Å². The number of aryl methyl sites for hydroxylation is 1. The van der Waals surface area contributed by atoms with Gasteiger partial charge in [0, 0.05) is 37.7 Å². The van der Waals surface area contributed by atoms with Crippen molar-refractivity contribution in [2.45, 2.75) is 44.0 Å². The normalized spacial score (nSPS) is 32.7. The highest BCUT2D eigenvalue weighted by molar-refractivity contribution is 6.14. The number of benzene rings is 1. The number of ether oxygens (including phenoxy) is 1. The minimum Gasteiger partial charge on any atom is -0.512 e. The minimum atomic E-state index is -2.28. The van der Waals surface area contributed by atoms with Gasteiger partial charge in [-0.3, -0.25) is 9.59 Å². The first-order chi connectivity index (χ1) is 15.0. The zero-order valence-corrected chi connectivity index (χ0v) is 18.1. The molecule has 6 N–H and O–H groups in total. The van der Waals surface area contributed by atoms with Crippen molar-refractivity contribution in [2.75, 3.05) is 19.0 Å². The van der Waals surface area contributed by atoms with Crippen molar-refractivity contribution < 1.29 is 34.8 Å². The van der Waals surface area contributed by atoms with Gasteiger partial charge in [0.15, 0.2) is 11.4 Å². The van der Waals surface area contributed by atoms with E-state index in [-0.39, 0.29) is 29.1 Å². The number of hydrogen-bond donors (Lipinski definition) is 5. The summed E-state index contributed by atoms with van der Waals surface area (Å²) < 4.78 is 5.54. The van der Waals surface area contributed by atoms with E-state index in [1.165, 1.54) is 0 Å². The Morgan fingerprint density at radius 2 is 1.97 bits per heavy atom. The van der Waals surface area contributed by atoms with Crippen molar-refractivity contribution >= 4 is 17.4 Å². The molecule has 1 unspecified atom stereocenters. The van der Waals surface area contributed by atoms with Gasteiger partial charge in [-0.15, -0.1) is 0 Å². The van der Waals surface area contributed by atoms with E-state index in [9.17, 15) is 30.0 Å². The first kappa shape index (κ1) is 20.8. The quantitative estimate of drug-likeness (QED) is 0.439. The molecule has 4 atom stereocenters. The van der Waals surface area contributed by atoms with Crippen LogP contribution in [0.25, 0.3) is 0 Å². The summed E-state index contributed by atoms with van der Waals surface area (Å²) in [5, 5.41) is 43.5. The number of hydrogen-bond acceptors (Lipinski definition) is 8. The number of phenols is 1. The number of aliphatic hydroxyl groups is 3. The molecule has 9 heteroatoms. The number of Topliss-reactive ketones (excluding diaryl/α,β-unsaturated/α-hetero) is 1. The van der Waals surface area contributed by atoms with Crippen LogP contribution in [-0.2, 0) is 22.4 Å². The van der Waals surface area contributed by atoms with Gasteiger partial charge in [0.1, 0.15) is 22.8 Å². The molecular weight excluding hydrogens is 416 g/mol. The number of rotatable bonds is 3. The molecule has 1 aromatic carbocycles. The van der Waals surface area contributed by atoms with Crippen molar-refractivity contribution in [3.63, 3.8) is 0 Å². The molecule has 1 aromatic rings. The molecule has 1 amide bonds. The molecule has 0 radical (unpaired) electrons. The van der Waals surface area contributed by atoms with E-state index in [0.717, 1.165) is 5.69 Å². The van der Waals surface area contributed by atoms with Crippen LogP contribution in [0.5, 0.6) is 5.75 Å². The Morgan fingerprint density at radius 1 is 1.28 bits per heavy atom. The van der Waals surface area contributed by atoms with Gasteiger partial charge in [0.2, 0.25) is 5.79 Å². The second-order valence-corrected chi connectivity index (χ2v) is 9.30. The van der Waals surface area contributed by atoms with E-state index in [4.69, 9.17) is 10.5 Å². The fourth-order valence-electron chi connectivity index (χ4n) is 6.03. The summed E-state index contributed by atoms with van der Waals surface area (Å²) in [5.41, 5.74) is 5.51. The van der Waals surface area contributed by atoms with Crippen molar-refractivity contribution in [3.8, 4) is 5.75 Å². The third-order valence-corrected chi connectivity index (χ3v) is 7.49. The lowest BCUT2D eigenvalue weighted by Crippen LogP contribution is -2.49. The molecule has 1 heterocycles. The average Bonchev–Trinajstić information content (AvgIpc) is 3.33. The predicted octanol–water partition coefficient (Wildman–Crippen LogP) is 1.37. The van der Waals surface area contributed by atoms with E-state index in [1.807, 2.05) is 32.0 Å². The Bertz CT molecular complexity index is 1170. The maximum atomic E-state index is 13.7. The highest BCUT2D eigenvalue weighted by atomic mass is 16.8. The third kappa shape index (κ3) is 2.25. The van der Waals surface area contributed by atoms with E-state index in [2.05, 4.69) is 0 Å². The number of fused-ring (bicyclic) bond motifs is 2. The smallest absolute Gasteiger partial charge is 0.253 e. The van der Waals surface area contributed by atoms with E-state index >= 15 is 0 Å². The number of aromatic hydroxyl groups is 1. The SMILES string of the molecule is CCc1cc(N(C)C)c2c(c1O)C(=O)C1=C(O)[C@]34OC3(O)C(C(N)=O)=C(O)C[C@@H]4C[C@@H]1C2. The van der Waals surface area contributed by atoms with Crippen molar-refractivity contribution in [1.29, 1.82) is 0 Å². The standard InChI is InChI=1S/C23H26N2O7/c1-4-9-7-13(25(2)3)12-6-10-5-11-8-14(26)17(21(24)30)23(31)22(11,32-23)20(29)15(10)19(28)16(12)18(9)27/h7,10-11,26-27,29,31H,4-6,8H2,1-3H3,(H2,24,30)/t10-,11+,22+,23?/m1/s1. The van der Waals surface area contributed by atoms with Crippen LogP contribution in [0.2, 0.25) is 0 Å². The lowest BCUT2D eigenvalue weighted by atomic mass is 9.61. The lowest BCUT2D eigenvalue weighted by Gasteiger charge is -2.41. The Kier molecular flexibility index (Phi) is 4.08. The summed E-state index contributed by atoms with van der Waals surface area (Å²) in [5.74, 6) is -5.72. The fourth-order valence-corrected chi connectivity index (χ4v) is 6.03. The molecule has 3 aliphatic carbocycles. The van der Waals surface area contributed by atoms with Gasteiger partial charge in [-0.2, -0.15) is 0 Å². The predicted molar refractivity (Wildman–Crippen MR) is 113 cm³/mol. The van der Waals surface area contributed by atoms with Crippen LogP contribution in [-0.4, -0.2) is 57.6 Å². The number of phenolic OH excluding ortho intramolecular Hbond substituents is 1. The number of carbonyl (C=O) groups is 2. The molecule has 9 nitrogen and oxygen atoms in total. The number of amides is 1. The molecule has 32 heavy (non-hydrogen) atoms. The highest BCUT2D eigenvalue weighted by Gasteiger charge is 2.82. The molecule has 0 bridgehead atoms. The minimum absolute atomic E-state index is 0.0178. The average molecular weight is 442 g/mol. The molecule has 1 saturated heterocycles. The molecule has 5 rings (SSSR count). The summed E-state index contributed by atoms with van der Waals surface area (Å²) in [6.07, 6.45) is 1.23. The molecule has 170 valence electrons. The maximum absolute atomic E-state index is 13.7. The highest BCUT2D eigenvalue weighted by Crippen LogP contribution is 2.68. The summed E-state index contributed by atoms with van der Waals surface area (Å²) in [6.45, 7) is 1.88. The largest absolute Gasteiger partial charge is 0.512 e. The van der Waals surface area contributed by atoms with E-state index in [0.29, 0.717) is 30.4 Å². The zero-order valence-electron chi connectivity index (χ0n) is 18.1. The third-order valence-electron chi connectivity index (χ3n) is 7.49. The Balaban J connectivity index is 1.71. The van der Waals surface area contributed by atoms with Gasteiger partial charge in [-0.25, -0.2) is 0 Å². The number of nitrogens with zero attached hydrogens (tertiary/aromatic N) is 1. The van der Waals surface area contributed by atoms with Crippen LogP contribution in [0.1, 0.15) is 41.3 Å². The molecule has 4 aliphatic rings. The Morgan fingerprint density at radius 3 is 2.56 bits per heavy atom. The molecule has 0 saturated carbocycles. The second kappa shape index (κ2) is 6.26. The van der Waals surface area contributed by atoms with Gasteiger partial charge >= 0.3 is 0 Å². The molecule has 1 fully saturated rings. The monoisotopic (exact) mass is 442 g/mol. The van der Waals surface area contributed by atoms with Gasteiger partial charge in [0.05, 0.1) is 5.56 Å². The Hall–Kier alpha value is -3.04. The Labute approximate surface area is 184 Å². The molecule has 0 aromatic heterocycles. The second-order valence-electron chi connectivity index (χ2n) is 9.30. The topological polar surface area (TPSA) is 157 Å². The van der Waals surface area contributed by atoms with E-state index < -0.39 is 46.2 Å². The molecule has 1 spiro atoms. The fraction of sp³-hybridized carbons (Fsp3) is 0.478. The molecule has 1 aliphatic heterocycles.